The van der Waals surface area contributed by atoms with Crippen LogP contribution in [0.1, 0.15) is 41.2 Å². The van der Waals surface area contributed by atoms with Crippen molar-refractivity contribution >= 4 is 5.91 Å². The minimum absolute atomic E-state index is 0.0197. The quantitative estimate of drug-likeness (QED) is 0.742. The molecule has 2 aliphatic heterocycles. The molecule has 1 saturated heterocycles. The van der Waals surface area contributed by atoms with Crippen molar-refractivity contribution in [1.29, 1.82) is 0 Å². The van der Waals surface area contributed by atoms with Crippen LogP contribution in [0.15, 0.2) is 30.3 Å². The highest BCUT2D eigenvalue weighted by Crippen LogP contribution is 2.41. The van der Waals surface area contributed by atoms with Gasteiger partial charge < -0.3 is 28.6 Å². The van der Waals surface area contributed by atoms with E-state index in [9.17, 15) is 4.79 Å². The maximum atomic E-state index is 13.4. The summed E-state index contributed by atoms with van der Waals surface area (Å²) >= 11 is 0. The average Bonchev–Trinajstić information content (AvgIpc) is 3.15. The Morgan fingerprint density at radius 1 is 0.933 bits per heavy atom. The lowest BCUT2D eigenvalue weighted by Gasteiger charge is -2.26. The first-order valence-electron chi connectivity index (χ1n) is 10.2. The summed E-state index contributed by atoms with van der Waals surface area (Å²) in [6.07, 6.45) is 2.70. The van der Waals surface area contributed by atoms with E-state index in [-0.39, 0.29) is 11.9 Å². The van der Waals surface area contributed by atoms with Gasteiger partial charge >= 0.3 is 0 Å². The molecule has 1 fully saturated rings. The molecule has 7 nitrogen and oxygen atoms in total. The van der Waals surface area contributed by atoms with E-state index >= 15 is 0 Å². The minimum atomic E-state index is -0.0659. The molecule has 4 rings (SSSR count). The standard InChI is InChI=1S/C23H27NO6/c1-26-20-13-16(14-21(27-2)22(20)28-3)23(25)24-9-4-6-17(24)15-7-8-18-19(12-15)30-11-5-10-29-18/h7-8,12-14,17H,4-6,9-11H2,1-3H3/t17-/m0/s1. The summed E-state index contributed by atoms with van der Waals surface area (Å²) in [5.41, 5.74) is 1.56. The largest absolute Gasteiger partial charge is 0.493 e. The molecule has 0 saturated carbocycles. The molecule has 1 amide bonds. The Morgan fingerprint density at radius 2 is 1.63 bits per heavy atom. The molecular formula is C23H27NO6. The average molecular weight is 413 g/mol. The Labute approximate surface area is 176 Å². The molecular weight excluding hydrogens is 386 g/mol. The summed E-state index contributed by atoms with van der Waals surface area (Å²) in [6, 6.07) is 9.36. The van der Waals surface area contributed by atoms with Crippen molar-refractivity contribution in [3.8, 4) is 28.7 Å². The van der Waals surface area contributed by atoms with E-state index in [1.54, 1.807) is 33.5 Å². The summed E-state index contributed by atoms with van der Waals surface area (Å²) in [5, 5.41) is 0. The highest BCUT2D eigenvalue weighted by molar-refractivity contribution is 5.96. The Bertz CT molecular complexity index is 903. The second-order valence-electron chi connectivity index (χ2n) is 7.33. The van der Waals surface area contributed by atoms with E-state index in [4.69, 9.17) is 23.7 Å². The van der Waals surface area contributed by atoms with Gasteiger partial charge in [0, 0.05) is 18.5 Å². The van der Waals surface area contributed by atoms with Gasteiger partial charge in [-0.1, -0.05) is 6.07 Å². The lowest BCUT2D eigenvalue weighted by atomic mass is 10.0. The summed E-state index contributed by atoms with van der Waals surface area (Å²) < 4.78 is 27.8. The third-order valence-electron chi connectivity index (χ3n) is 5.58. The fraction of sp³-hybridized carbons (Fsp3) is 0.435. The molecule has 2 aliphatic rings. The number of hydrogen-bond acceptors (Lipinski definition) is 6. The monoisotopic (exact) mass is 413 g/mol. The van der Waals surface area contributed by atoms with Crippen molar-refractivity contribution in [1.82, 2.24) is 4.90 Å². The number of methoxy groups -OCH3 is 3. The SMILES string of the molecule is COc1cc(C(=O)N2CCC[C@H]2c2ccc3c(c2)OCCCO3)cc(OC)c1OC. The van der Waals surface area contributed by atoms with Gasteiger partial charge in [-0.15, -0.1) is 0 Å². The van der Waals surface area contributed by atoms with Crippen molar-refractivity contribution in [3.05, 3.63) is 41.5 Å². The highest BCUT2D eigenvalue weighted by Gasteiger charge is 2.32. The summed E-state index contributed by atoms with van der Waals surface area (Å²) in [7, 11) is 4.63. The van der Waals surface area contributed by atoms with E-state index < -0.39 is 0 Å². The Hall–Kier alpha value is -3.09. The minimum Gasteiger partial charge on any atom is -0.493 e. The van der Waals surface area contributed by atoms with Crippen LogP contribution >= 0.6 is 0 Å². The Balaban J connectivity index is 1.64. The van der Waals surface area contributed by atoms with E-state index in [2.05, 4.69) is 0 Å². The topological polar surface area (TPSA) is 66.5 Å². The smallest absolute Gasteiger partial charge is 0.254 e. The maximum absolute atomic E-state index is 13.4. The van der Waals surface area contributed by atoms with Crippen LogP contribution in [0.3, 0.4) is 0 Å². The van der Waals surface area contributed by atoms with Gasteiger partial charge in [-0.2, -0.15) is 0 Å². The number of ether oxygens (including phenoxy) is 5. The fourth-order valence-electron chi connectivity index (χ4n) is 4.11. The van der Waals surface area contributed by atoms with Crippen LogP contribution in [0, 0.1) is 0 Å². The zero-order chi connectivity index (χ0) is 21.1. The van der Waals surface area contributed by atoms with Crippen LogP contribution in [0.25, 0.3) is 0 Å². The van der Waals surface area contributed by atoms with Crippen LogP contribution in [-0.2, 0) is 0 Å². The lowest BCUT2D eigenvalue weighted by molar-refractivity contribution is 0.0734. The summed E-state index contributed by atoms with van der Waals surface area (Å²) in [4.78, 5) is 15.3. The molecule has 2 aromatic rings. The zero-order valence-electron chi connectivity index (χ0n) is 17.6. The van der Waals surface area contributed by atoms with Gasteiger partial charge in [0.2, 0.25) is 5.75 Å². The number of rotatable bonds is 5. The van der Waals surface area contributed by atoms with Gasteiger partial charge in [-0.3, -0.25) is 4.79 Å². The molecule has 160 valence electrons. The molecule has 0 unspecified atom stereocenters. The van der Waals surface area contributed by atoms with E-state index in [1.165, 1.54) is 0 Å². The second kappa shape index (κ2) is 8.73. The van der Waals surface area contributed by atoms with Crippen molar-refractivity contribution < 1.29 is 28.5 Å². The number of nitrogens with zero attached hydrogens (tertiary/aromatic N) is 1. The van der Waals surface area contributed by atoms with Gasteiger partial charge in [-0.25, -0.2) is 0 Å². The predicted octanol–water partition coefficient (Wildman–Crippen LogP) is 3.85. The van der Waals surface area contributed by atoms with E-state index in [0.717, 1.165) is 36.3 Å². The number of amides is 1. The van der Waals surface area contributed by atoms with Gasteiger partial charge in [0.25, 0.3) is 5.91 Å². The van der Waals surface area contributed by atoms with Crippen LogP contribution in [0.5, 0.6) is 28.7 Å². The first-order chi connectivity index (χ1) is 14.7. The van der Waals surface area contributed by atoms with Crippen LogP contribution < -0.4 is 23.7 Å². The zero-order valence-corrected chi connectivity index (χ0v) is 17.6. The molecule has 7 heteroatoms. The van der Waals surface area contributed by atoms with Gasteiger partial charge in [0.15, 0.2) is 23.0 Å². The summed E-state index contributed by atoms with van der Waals surface area (Å²) in [5.74, 6) is 2.84. The Kier molecular flexibility index (Phi) is 5.88. The first kappa shape index (κ1) is 20.2. The molecule has 0 radical (unpaired) electrons. The molecule has 0 bridgehead atoms. The maximum Gasteiger partial charge on any atom is 0.254 e. The van der Waals surface area contributed by atoms with Crippen LogP contribution in [0.2, 0.25) is 0 Å². The summed E-state index contributed by atoms with van der Waals surface area (Å²) in [6.45, 7) is 1.98. The third kappa shape index (κ3) is 3.72. The normalized spacial score (nSPS) is 18.0. The number of benzene rings is 2. The number of carbonyl (C=O) groups excluding carboxylic acids is 1. The van der Waals surface area contributed by atoms with E-state index in [0.29, 0.717) is 42.6 Å². The van der Waals surface area contributed by atoms with Gasteiger partial charge in [-0.05, 0) is 42.7 Å². The molecule has 30 heavy (non-hydrogen) atoms. The Morgan fingerprint density at radius 3 is 2.30 bits per heavy atom. The second-order valence-corrected chi connectivity index (χ2v) is 7.33. The van der Waals surface area contributed by atoms with Gasteiger partial charge in [0.1, 0.15) is 0 Å². The van der Waals surface area contributed by atoms with Crippen molar-refractivity contribution in [2.45, 2.75) is 25.3 Å². The first-order valence-corrected chi connectivity index (χ1v) is 10.2. The van der Waals surface area contributed by atoms with Crippen LogP contribution in [0.4, 0.5) is 0 Å². The van der Waals surface area contributed by atoms with E-state index in [1.807, 2.05) is 23.1 Å². The molecule has 0 N–H and O–H groups in total. The highest BCUT2D eigenvalue weighted by atomic mass is 16.5. The molecule has 2 aromatic carbocycles. The number of hydrogen-bond donors (Lipinski definition) is 0. The van der Waals surface area contributed by atoms with Crippen LogP contribution in [-0.4, -0.2) is 51.9 Å². The molecule has 0 aromatic heterocycles. The number of carbonyl (C=O) groups is 1. The third-order valence-corrected chi connectivity index (χ3v) is 5.58. The fourth-order valence-corrected chi connectivity index (χ4v) is 4.11. The molecule has 1 atom stereocenters. The molecule has 2 heterocycles. The van der Waals surface area contributed by atoms with Gasteiger partial charge in [0.05, 0.1) is 40.6 Å². The predicted molar refractivity (Wildman–Crippen MR) is 111 cm³/mol. The number of fused-ring (bicyclic) bond motifs is 1. The lowest BCUT2D eigenvalue weighted by Crippen LogP contribution is -2.30. The molecule has 0 aliphatic carbocycles. The van der Waals surface area contributed by atoms with Crippen molar-refractivity contribution in [2.75, 3.05) is 41.1 Å². The number of likely N-dealkylation sites (tertiary alicyclic amines) is 1. The van der Waals surface area contributed by atoms with Crippen molar-refractivity contribution in [3.63, 3.8) is 0 Å². The van der Waals surface area contributed by atoms with Crippen molar-refractivity contribution in [2.24, 2.45) is 0 Å². The molecule has 0 spiro atoms.